The molecule has 1 amide bonds. The van der Waals surface area contributed by atoms with E-state index < -0.39 is 0 Å². The van der Waals surface area contributed by atoms with E-state index in [1.54, 1.807) is 0 Å². The number of hydrogen-bond acceptors (Lipinski definition) is 3. The van der Waals surface area contributed by atoms with Gasteiger partial charge in [0.15, 0.2) is 0 Å². The van der Waals surface area contributed by atoms with Gasteiger partial charge in [-0.05, 0) is 36.1 Å². The molecule has 0 aromatic heterocycles. The molecule has 1 aliphatic heterocycles. The van der Waals surface area contributed by atoms with Crippen LogP contribution in [0.2, 0.25) is 0 Å². The van der Waals surface area contributed by atoms with Gasteiger partial charge in [0.25, 0.3) is 0 Å². The normalized spacial score (nSPS) is 20.1. The van der Waals surface area contributed by atoms with E-state index >= 15 is 0 Å². The summed E-state index contributed by atoms with van der Waals surface area (Å²) in [5, 5.41) is 3.08. The molecule has 2 aromatic rings. The Morgan fingerprint density at radius 1 is 1.12 bits per heavy atom. The van der Waals surface area contributed by atoms with Crippen LogP contribution in [0.3, 0.4) is 0 Å². The van der Waals surface area contributed by atoms with Crippen LogP contribution in [-0.4, -0.2) is 26.6 Å². The summed E-state index contributed by atoms with van der Waals surface area (Å²) in [6.45, 7) is 1.26. The highest BCUT2D eigenvalue weighted by atomic mass is 16.5. The summed E-state index contributed by atoms with van der Waals surface area (Å²) >= 11 is 0. The Bertz CT molecular complexity index is 683. The van der Waals surface area contributed by atoms with Gasteiger partial charge in [-0.2, -0.15) is 0 Å². The van der Waals surface area contributed by atoms with E-state index in [0.29, 0.717) is 6.54 Å². The molecular weight excluding hydrogens is 312 g/mol. The summed E-state index contributed by atoms with van der Waals surface area (Å²) in [5.41, 5.74) is 3.34. The number of carbonyl (C=O) groups excluding carboxylic acids is 1. The molecule has 0 radical (unpaired) electrons. The van der Waals surface area contributed by atoms with Crippen molar-refractivity contribution in [1.29, 1.82) is 0 Å². The van der Waals surface area contributed by atoms with Gasteiger partial charge < -0.3 is 15.0 Å². The molecule has 2 unspecified atom stereocenters. The number of anilines is 1. The van der Waals surface area contributed by atoms with Crippen LogP contribution in [0.4, 0.5) is 5.69 Å². The zero-order valence-corrected chi connectivity index (χ0v) is 14.9. The molecule has 2 aromatic carbocycles. The van der Waals surface area contributed by atoms with Crippen LogP contribution in [0.1, 0.15) is 30.1 Å². The predicted octanol–water partition coefficient (Wildman–Crippen LogP) is 3.54. The van der Waals surface area contributed by atoms with Gasteiger partial charge in [0.05, 0.1) is 12.0 Å². The minimum Gasteiger partial charge on any atom is -0.378 e. The smallest absolute Gasteiger partial charge is 0.226 e. The highest BCUT2D eigenvalue weighted by Crippen LogP contribution is 2.33. The Hall–Kier alpha value is -2.33. The molecule has 25 heavy (non-hydrogen) atoms. The first kappa shape index (κ1) is 17.5. The Morgan fingerprint density at radius 2 is 1.84 bits per heavy atom. The van der Waals surface area contributed by atoms with Crippen LogP contribution in [0.5, 0.6) is 0 Å². The Balaban J connectivity index is 1.63. The Labute approximate surface area is 149 Å². The summed E-state index contributed by atoms with van der Waals surface area (Å²) in [4.78, 5) is 14.8. The van der Waals surface area contributed by atoms with Crippen LogP contribution in [-0.2, 0) is 16.1 Å². The van der Waals surface area contributed by atoms with Gasteiger partial charge in [0, 0.05) is 32.9 Å². The summed E-state index contributed by atoms with van der Waals surface area (Å²) < 4.78 is 5.93. The third kappa shape index (κ3) is 4.40. The second kappa shape index (κ2) is 8.17. The van der Waals surface area contributed by atoms with E-state index in [0.717, 1.165) is 36.3 Å². The molecule has 132 valence electrons. The van der Waals surface area contributed by atoms with Gasteiger partial charge in [0.1, 0.15) is 0 Å². The fourth-order valence-electron chi connectivity index (χ4n) is 3.25. The highest BCUT2D eigenvalue weighted by Gasteiger charge is 2.32. The first-order chi connectivity index (χ1) is 12.1. The topological polar surface area (TPSA) is 41.6 Å². The fourth-order valence-corrected chi connectivity index (χ4v) is 3.25. The van der Waals surface area contributed by atoms with Crippen molar-refractivity contribution in [2.75, 3.05) is 25.6 Å². The van der Waals surface area contributed by atoms with Crippen LogP contribution < -0.4 is 10.2 Å². The first-order valence-electron chi connectivity index (χ1n) is 8.85. The monoisotopic (exact) mass is 338 g/mol. The van der Waals surface area contributed by atoms with Crippen molar-refractivity contribution in [2.45, 2.75) is 25.5 Å². The average molecular weight is 338 g/mol. The van der Waals surface area contributed by atoms with Crippen LogP contribution in [0, 0.1) is 5.92 Å². The molecule has 4 heteroatoms. The number of hydrogen-bond donors (Lipinski definition) is 1. The third-order valence-corrected chi connectivity index (χ3v) is 4.71. The van der Waals surface area contributed by atoms with Gasteiger partial charge in [-0.15, -0.1) is 0 Å². The van der Waals surface area contributed by atoms with Gasteiger partial charge in [-0.1, -0.05) is 42.5 Å². The molecule has 2 atom stereocenters. The fraction of sp³-hybridized carbons (Fsp3) is 0.381. The van der Waals surface area contributed by atoms with E-state index in [-0.39, 0.29) is 17.9 Å². The lowest BCUT2D eigenvalue weighted by Gasteiger charge is -2.31. The first-order valence-corrected chi connectivity index (χ1v) is 8.85. The maximum atomic E-state index is 12.7. The van der Waals surface area contributed by atoms with Crippen LogP contribution >= 0.6 is 0 Å². The largest absolute Gasteiger partial charge is 0.378 e. The molecule has 4 nitrogen and oxygen atoms in total. The number of ether oxygens (including phenoxy) is 1. The minimum absolute atomic E-state index is 0.0743. The maximum absolute atomic E-state index is 12.7. The van der Waals surface area contributed by atoms with Gasteiger partial charge in [-0.25, -0.2) is 0 Å². The van der Waals surface area contributed by atoms with Crippen LogP contribution in [0.15, 0.2) is 54.6 Å². The number of nitrogens with zero attached hydrogens (tertiary/aromatic N) is 1. The van der Waals surface area contributed by atoms with Crippen molar-refractivity contribution in [3.05, 3.63) is 65.7 Å². The van der Waals surface area contributed by atoms with E-state index in [1.807, 2.05) is 44.4 Å². The zero-order chi connectivity index (χ0) is 17.6. The molecule has 1 N–H and O–H groups in total. The molecule has 1 fully saturated rings. The average Bonchev–Trinajstić information content (AvgIpc) is 2.67. The van der Waals surface area contributed by atoms with Gasteiger partial charge in [-0.3, -0.25) is 4.79 Å². The Morgan fingerprint density at radius 3 is 2.52 bits per heavy atom. The molecule has 1 saturated heterocycles. The molecule has 0 spiro atoms. The molecule has 0 saturated carbocycles. The molecule has 1 heterocycles. The highest BCUT2D eigenvalue weighted by molar-refractivity contribution is 5.79. The van der Waals surface area contributed by atoms with Crippen molar-refractivity contribution < 1.29 is 9.53 Å². The lowest BCUT2D eigenvalue weighted by molar-refractivity contribution is -0.134. The van der Waals surface area contributed by atoms with E-state index in [4.69, 9.17) is 4.74 Å². The SMILES string of the molecule is CN(C)c1ccc(CNC(=O)C2CCCOC2c2ccccc2)cc1. The lowest BCUT2D eigenvalue weighted by Crippen LogP contribution is -2.37. The van der Waals surface area contributed by atoms with E-state index in [2.05, 4.69) is 34.5 Å². The van der Waals surface area contributed by atoms with Crippen molar-refractivity contribution >= 4 is 11.6 Å². The minimum atomic E-state index is -0.147. The maximum Gasteiger partial charge on any atom is 0.226 e. The number of benzene rings is 2. The zero-order valence-electron chi connectivity index (χ0n) is 14.9. The number of carbonyl (C=O) groups is 1. The Kier molecular flexibility index (Phi) is 5.71. The molecule has 0 aliphatic carbocycles. The van der Waals surface area contributed by atoms with Gasteiger partial charge >= 0.3 is 0 Å². The third-order valence-electron chi connectivity index (χ3n) is 4.71. The van der Waals surface area contributed by atoms with Crippen molar-refractivity contribution in [3.63, 3.8) is 0 Å². The standard InChI is InChI=1S/C21H26N2O2/c1-23(2)18-12-10-16(11-13-18)15-22-21(24)19-9-6-14-25-20(19)17-7-4-3-5-8-17/h3-5,7-8,10-13,19-20H,6,9,14-15H2,1-2H3,(H,22,24). The van der Waals surface area contributed by atoms with Gasteiger partial charge in [0.2, 0.25) is 5.91 Å². The summed E-state index contributed by atoms with van der Waals surface area (Å²) in [6.07, 6.45) is 1.65. The number of rotatable bonds is 5. The second-order valence-corrected chi connectivity index (χ2v) is 6.73. The molecule has 1 aliphatic rings. The van der Waals surface area contributed by atoms with Crippen molar-refractivity contribution in [2.24, 2.45) is 5.92 Å². The van der Waals surface area contributed by atoms with Crippen molar-refractivity contribution in [3.8, 4) is 0 Å². The van der Waals surface area contributed by atoms with Crippen LogP contribution in [0.25, 0.3) is 0 Å². The number of nitrogens with one attached hydrogen (secondary N) is 1. The summed E-state index contributed by atoms with van der Waals surface area (Å²) in [5.74, 6) is -0.0533. The lowest BCUT2D eigenvalue weighted by atomic mass is 9.88. The summed E-state index contributed by atoms with van der Waals surface area (Å²) in [7, 11) is 4.03. The quantitative estimate of drug-likeness (QED) is 0.907. The molecule has 0 bridgehead atoms. The molecule has 3 rings (SSSR count). The molecular formula is C21H26N2O2. The predicted molar refractivity (Wildman–Crippen MR) is 100 cm³/mol. The number of amides is 1. The second-order valence-electron chi connectivity index (χ2n) is 6.73. The van der Waals surface area contributed by atoms with E-state index in [9.17, 15) is 4.79 Å². The van der Waals surface area contributed by atoms with E-state index in [1.165, 1.54) is 0 Å². The summed E-state index contributed by atoms with van der Waals surface area (Å²) in [6, 6.07) is 18.3. The van der Waals surface area contributed by atoms with Crippen molar-refractivity contribution in [1.82, 2.24) is 5.32 Å².